The van der Waals surface area contributed by atoms with Crippen molar-refractivity contribution >= 4 is 17.7 Å². The first-order chi connectivity index (χ1) is 14.2. The van der Waals surface area contributed by atoms with Gasteiger partial charge in [0, 0.05) is 25.1 Å². The van der Waals surface area contributed by atoms with Gasteiger partial charge in [0.1, 0.15) is 11.6 Å². The van der Waals surface area contributed by atoms with E-state index < -0.39 is 23.7 Å². The topological polar surface area (TPSA) is 90.5 Å². The van der Waals surface area contributed by atoms with Crippen LogP contribution in [0.5, 0.6) is 0 Å². The van der Waals surface area contributed by atoms with Crippen molar-refractivity contribution in [2.24, 2.45) is 0 Å². The number of hydrogen-bond donors (Lipinski definition) is 3. The zero-order chi connectivity index (χ0) is 21.5. The fraction of sp³-hybridized carbons (Fsp3) is 0.550. The zero-order valence-corrected chi connectivity index (χ0v) is 16.3. The van der Waals surface area contributed by atoms with Crippen LogP contribution in [0.25, 0.3) is 0 Å². The minimum atomic E-state index is -4.41. The number of nitrogens with zero attached hydrogens (tertiary/aromatic N) is 1. The molecule has 3 heterocycles. The normalized spacial score (nSPS) is 24.0. The maximum absolute atomic E-state index is 13.8. The summed E-state index contributed by atoms with van der Waals surface area (Å²) in [6.45, 7) is 0.628. The zero-order valence-electron chi connectivity index (χ0n) is 16.3. The van der Waals surface area contributed by atoms with Gasteiger partial charge in [0.05, 0.1) is 0 Å². The predicted octanol–water partition coefficient (Wildman–Crippen LogP) is 1.22. The molecule has 162 valence electrons. The number of alkyl halides is 3. The SMILES string of the molecule is O=C1CCC(N2Cc3cccc(CNC4(C(F)(F)F)CCNCC4)c3C2=O)C(=O)N1. The second kappa shape index (κ2) is 7.66. The Hall–Kier alpha value is -2.46. The van der Waals surface area contributed by atoms with Crippen molar-refractivity contribution in [3.63, 3.8) is 0 Å². The highest BCUT2D eigenvalue weighted by atomic mass is 19.4. The van der Waals surface area contributed by atoms with Crippen LogP contribution in [0.15, 0.2) is 18.2 Å². The Kier molecular flexibility index (Phi) is 5.31. The molecule has 3 aliphatic rings. The first-order valence-corrected chi connectivity index (χ1v) is 10.00. The standard InChI is InChI=1S/C20H23F3N4O3/c21-20(22,23)19(6-8-24-9-7-19)25-10-12-2-1-3-13-11-27(18(30)16(12)13)14-4-5-15(28)26-17(14)29/h1-3,14,24-25H,4-11H2,(H,26,28,29). The van der Waals surface area contributed by atoms with Crippen LogP contribution in [-0.4, -0.2) is 53.5 Å². The molecule has 0 bridgehead atoms. The number of halogens is 3. The lowest BCUT2D eigenvalue weighted by Crippen LogP contribution is -2.61. The largest absolute Gasteiger partial charge is 0.406 e. The van der Waals surface area contributed by atoms with Gasteiger partial charge in [-0.25, -0.2) is 0 Å². The summed E-state index contributed by atoms with van der Waals surface area (Å²) in [5.74, 6) is -1.27. The lowest BCUT2D eigenvalue weighted by Gasteiger charge is -2.40. The Labute approximate surface area is 171 Å². The molecule has 3 N–H and O–H groups in total. The minimum Gasteiger partial charge on any atom is -0.322 e. The molecule has 3 amide bonds. The Morgan fingerprint density at radius 1 is 1.17 bits per heavy atom. The summed E-state index contributed by atoms with van der Waals surface area (Å²) < 4.78 is 41.4. The van der Waals surface area contributed by atoms with E-state index in [-0.39, 0.29) is 63.7 Å². The van der Waals surface area contributed by atoms with Crippen molar-refractivity contribution in [3.8, 4) is 0 Å². The Morgan fingerprint density at radius 3 is 2.57 bits per heavy atom. The summed E-state index contributed by atoms with van der Waals surface area (Å²) in [4.78, 5) is 38.1. The third-order valence-electron chi connectivity index (χ3n) is 6.26. The molecule has 0 spiro atoms. The second-order valence-electron chi connectivity index (χ2n) is 8.03. The molecular formula is C20H23F3N4O3. The molecule has 2 saturated heterocycles. The van der Waals surface area contributed by atoms with Crippen molar-refractivity contribution in [1.29, 1.82) is 0 Å². The number of imide groups is 1. The monoisotopic (exact) mass is 424 g/mol. The van der Waals surface area contributed by atoms with Crippen LogP contribution >= 0.6 is 0 Å². The summed E-state index contributed by atoms with van der Waals surface area (Å²) in [5, 5.41) is 7.88. The third kappa shape index (κ3) is 3.58. The van der Waals surface area contributed by atoms with Crippen LogP contribution in [0.4, 0.5) is 13.2 Å². The van der Waals surface area contributed by atoms with E-state index in [4.69, 9.17) is 0 Å². The van der Waals surface area contributed by atoms with E-state index in [1.165, 1.54) is 4.90 Å². The van der Waals surface area contributed by atoms with Crippen LogP contribution < -0.4 is 16.0 Å². The van der Waals surface area contributed by atoms with E-state index in [1.54, 1.807) is 18.2 Å². The Morgan fingerprint density at radius 2 is 1.90 bits per heavy atom. The highest BCUT2D eigenvalue weighted by Crippen LogP contribution is 2.38. The summed E-state index contributed by atoms with van der Waals surface area (Å²) >= 11 is 0. The highest BCUT2D eigenvalue weighted by Gasteiger charge is 2.54. The number of piperidine rings is 2. The molecule has 1 unspecified atom stereocenters. The molecule has 1 aromatic carbocycles. The first-order valence-electron chi connectivity index (χ1n) is 10.00. The second-order valence-corrected chi connectivity index (χ2v) is 8.03. The number of carbonyl (C=O) groups excluding carboxylic acids is 3. The maximum atomic E-state index is 13.8. The quantitative estimate of drug-likeness (QED) is 0.633. The first kappa shape index (κ1) is 20.8. The molecular weight excluding hydrogens is 401 g/mol. The van der Waals surface area contributed by atoms with Crippen molar-refractivity contribution in [1.82, 2.24) is 20.9 Å². The van der Waals surface area contributed by atoms with Crippen LogP contribution in [0.3, 0.4) is 0 Å². The van der Waals surface area contributed by atoms with Crippen LogP contribution in [0, 0.1) is 0 Å². The maximum Gasteiger partial charge on any atom is 0.406 e. The van der Waals surface area contributed by atoms with Crippen LogP contribution in [-0.2, 0) is 22.7 Å². The van der Waals surface area contributed by atoms with Gasteiger partial charge in [-0.3, -0.25) is 25.0 Å². The van der Waals surface area contributed by atoms with Crippen LogP contribution in [0.2, 0.25) is 0 Å². The average molecular weight is 424 g/mol. The number of benzene rings is 1. The van der Waals surface area contributed by atoms with Crippen molar-refractivity contribution in [2.45, 2.75) is 56.5 Å². The minimum absolute atomic E-state index is 0.0815. The molecule has 1 aromatic rings. The molecule has 3 aliphatic heterocycles. The van der Waals surface area contributed by atoms with E-state index >= 15 is 0 Å². The molecule has 10 heteroatoms. The average Bonchev–Trinajstić information content (AvgIpc) is 3.03. The number of fused-ring (bicyclic) bond motifs is 1. The lowest BCUT2D eigenvalue weighted by molar-refractivity contribution is -0.204. The smallest absolute Gasteiger partial charge is 0.322 e. The number of amides is 3. The molecule has 0 saturated carbocycles. The van der Waals surface area contributed by atoms with E-state index in [2.05, 4.69) is 16.0 Å². The van der Waals surface area contributed by atoms with Gasteiger partial charge in [-0.05, 0) is 43.5 Å². The number of rotatable bonds is 4. The van der Waals surface area contributed by atoms with Crippen molar-refractivity contribution in [3.05, 3.63) is 34.9 Å². The molecule has 30 heavy (non-hydrogen) atoms. The summed E-state index contributed by atoms with van der Waals surface area (Å²) in [6, 6.07) is 4.34. The van der Waals surface area contributed by atoms with Crippen molar-refractivity contribution in [2.75, 3.05) is 13.1 Å². The predicted molar refractivity (Wildman–Crippen MR) is 100 cm³/mol. The molecule has 0 aromatic heterocycles. The fourth-order valence-electron chi connectivity index (χ4n) is 4.52. The van der Waals surface area contributed by atoms with Gasteiger partial charge in [0.2, 0.25) is 11.8 Å². The summed E-state index contributed by atoms with van der Waals surface area (Å²) in [5.41, 5.74) is -0.489. The molecule has 7 nitrogen and oxygen atoms in total. The Balaban J connectivity index is 1.55. The van der Waals surface area contributed by atoms with E-state index in [9.17, 15) is 27.6 Å². The molecule has 2 fully saturated rings. The van der Waals surface area contributed by atoms with Gasteiger partial charge < -0.3 is 10.2 Å². The van der Waals surface area contributed by atoms with Gasteiger partial charge >= 0.3 is 6.18 Å². The molecule has 4 rings (SSSR count). The third-order valence-corrected chi connectivity index (χ3v) is 6.26. The van der Waals surface area contributed by atoms with Gasteiger partial charge in [-0.2, -0.15) is 13.2 Å². The van der Waals surface area contributed by atoms with Crippen molar-refractivity contribution < 1.29 is 27.6 Å². The van der Waals surface area contributed by atoms with Gasteiger partial charge in [-0.1, -0.05) is 18.2 Å². The van der Waals surface area contributed by atoms with E-state index in [1.807, 2.05) is 0 Å². The van der Waals surface area contributed by atoms with Gasteiger partial charge in [0.15, 0.2) is 0 Å². The van der Waals surface area contributed by atoms with E-state index in [0.717, 1.165) is 0 Å². The van der Waals surface area contributed by atoms with Gasteiger partial charge in [0.25, 0.3) is 5.91 Å². The lowest BCUT2D eigenvalue weighted by atomic mass is 9.87. The van der Waals surface area contributed by atoms with Crippen LogP contribution in [0.1, 0.15) is 47.2 Å². The number of carbonyl (C=O) groups is 3. The highest BCUT2D eigenvalue weighted by molar-refractivity contribution is 6.05. The summed E-state index contributed by atoms with van der Waals surface area (Å²) in [7, 11) is 0. The Bertz CT molecular complexity index is 881. The number of hydrogen-bond acceptors (Lipinski definition) is 5. The van der Waals surface area contributed by atoms with Gasteiger partial charge in [-0.15, -0.1) is 0 Å². The fourth-order valence-corrected chi connectivity index (χ4v) is 4.52. The van der Waals surface area contributed by atoms with E-state index in [0.29, 0.717) is 16.7 Å². The molecule has 0 aliphatic carbocycles. The summed E-state index contributed by atoms with van der Waals surface area (Å²) in [6.07, 6.45) is -4.19. The molecule has 0 radical (unpaired) electrons. The number of nitrogens with one attached hydrogen (secondary N) is 3. The molecule has 1 atom stereocenters.